The van der Waals surface area contributed by atoms with Crippen LogP contribution in [0.25, 0.3) is 0 Å². The van der Waals surface area contributed by atoms with E-state index in [1.165, 1.54) is 19.2 Å². The first-order valence-corrected chi connectivity index (χ1v) is 4.79. The van der Waals surface area contributed by atoms with Crippen LogP contribution in [0.2, 0.25) is 0 Å². The summed E-state index contributed by atoms with van der Waals surface area (Å²) in [6.07, 6.45) is 0.365. The van der Waals surface area contributed by atoms with Crippen LogP contribution >= 0.6 is 0 Å². The zero-order chi connectivity index (χ0) is 12.1. The van der Waals surface area contributed by atoms with Gasteiger partial charge in [-0.05, 0) is 18.1 Å². The molecule has 0 saturated heterocycles. The van der Waals surface area contributed by atoms with Gasteiger partial charge in [-0.2, -0.15) is 0 Å². The predicted molar refractivity (Wildman–Crippen MR) is 58.3 cm³/mol. The van der Waals surface area contributed by atoms with E-state index in [4.69, 9.17) is 15.6 Å². The van der Waals surface area contributed by atoms with Gasteiger partial charge >= 0.3 is 5.69 Å². The first-order valence-electron chi connectivity index (χ1n) is 4.79. The van der Waals surface area contributed by atoms with Crippen molar-refractivity contribution in [2.24, 2.45) is 5.73 Å². The molecule has 0 aliphatic rings. The number of rotatable bonds is 5. The molecule has 6 nitrogen and oxygen atoms in total. The van der Waals surface area contributed by atoms with Gasteiger partial charge in [-0.25, -0.2) is 0 Å². The van der Waals surface area contributed by atoms with Gasteiger partial charge in [-0.3, -0.25) is 10.1 Å². The molecule has 0 unspecified atom stereocenters. The van der Waals surface area contributed by atoms with Gasteiger partial charge in [-0.1, -0.05) is 6.07 Å². The number of ether oxygens (including phenoxy) is 1. The van der Waals surface area contributed by atoms with Gasteiger partial charge in [0, 0.05) is 18.7 Å². The van der Waals surface area contributed by atoms with Crippen molar-refractivity contribution >= 4 is 5.69 Å². The van der Waals surface area contributed by atoms with Crippen molar-refractivity contribution in [1.29, 1.82) is 0 Å². The number of aliphatic hydroxyl groups is 1. The molecule has 6 heteroatoms. The van der Waals surface area contributed by atoms with E-state index in [9.17, 15) is 10.1 Å². The smallest absolute Gasteiger partial charge is 0.311 e. The molecule has 1 atom stereocenters. The van der Waals surface area contributed by atoms with Crippen molar-refractivity contribution in [1.82, 2.24) is 0 Å². The first kappa shape index (κ1) is 12.4. The van der Waals surface area contributed by atoms with Crippen LogP contribution in [0.3, 0.4) is 0 Å². The van der Waals surface area contributed by atoms with Crippen LogP contribution in [0.15, 0.2) is 18.2 Å². The monoisotopic (exact) mass is 226 g/mol. The van der Waals surface area contributed by atoms with Gasteiger partial charge in [0.05, 0.1) is 12.0 Å². The fourth-order valence-corrected chi connectivity index (χ4v) is 1.39. The van der Waals surface area contributed by atoms with Crippen LogP contribution in [-0.4, -0.2) is 23.7 Å². The Balaban J connectivity index is 3.06. The molecule has 16 heavy (non-hydrogen) atoms. The second-order valence-electron chi connectivity index (χ2n) is 3.31. The Morgan fingerprint density at radius 2 is 2.31 bits per heavy atom. The third kappa shape index (κ3) is 2.68. The van der Waals surface area contributed by atoms with Gasteiger partial charge < -0.3 is 15.6 Å². The number of nitro groups is 1. The van der Waals surface area contributed by atoms with E-state index < -0.39 is 11.0 Å². The van der Waals surface area contributed by atoms with E-state index in [1.54, 1.807) is 6.07 Å². The molecule has 0 heterocycles. The summed E-state index contributed by atoms with van der Waals surface area (Å²) < 4.78 is 4.87. The Kier molecular flexibility index (Phi) is 4.21. The highest BCUT2D eigenvalue weighted by molar-refractivity contribution is 5.49. The molecule has 0 aromatic heterocycles. The van der Waals surface area contributed by atoms with Gasteiger partial charge in [0.2, 0.25) is 0 Å². The van der Waals surface area contributed by atoms with Crippen LogP contribution in [0.4, 0.5) is 5.69 Å². The molecule has 1 rings (SSSR count). The summed E-state index contributed by atoms with van der Waals surface area (Å²) in [7, 11) is 1.37. The fraction of sp³-hybridized carbons (Fsp3) is 0.400. The van der Waals surface area contributed by atoms with E-state index in [2.05, 4.69) is 0 Å². The Labute approximate surface area is 92.8 Å². The lowest BCUT2D eigenvalue weighted by Gasteiger charge is -2.11. The van der Waals surface area contributed by atoms with Crippen LogP contribution < -0.4 is 10.5 Å². The number of methoxy groups -OCH3 is 1. The van der Waals surface area contributed by atoms with E-state index in [0.717, 1.165) is 0 Å². The molecule has 0 aliphatic heterocycles. The summed E-state index contributed by atoms with van der Waals surface area (Å²) in [6, 6.07) is 4.13. The number of nitro benzene ring substituents is 1. The van der Waals surface area contributed by atoms with Gasteiger partial charge in [0.25, 0.3) is 0 Å². The van der Waals surface area contributed by atoms with Crippen LogP contribution in [0.5, 0.6) is 5.75 Å². The average Bonchev–Trinajstić information content (AvgIpc) is 2.28. The van der Waals surface area contributed by atoms with Crippen LogP contribution in [0, 0.1) is 10.1 Å². The Morgan fingerprint density at radius 1 is 1.62 bits per heavy atom. The van der Waals surface area contributed by atoms with Gasteiger partial charge in [0.1, 0.15) is 0 Å². The molecule has 0 spiro atoms. The summed E-state index contributed by atoms with van der Waals surface area (Å²) in [5.41, 5.74) is 6.24. The van der Waals surface area contributed by atoms with Gasteiger partial charge in [-0.15, -0.1) is 0 Å². The van der Waals surface area contributed by atoms with E-state index in [-0.39, 0.29) is 18.0 Å². The second-order valence-corrected chi connectivity index (χ2v) is 3.31. The van der Waals surface area contributed by atoms with E-state index in [1.807, 2.05) is 0 Å². The number of nitrogens with two attached hydrogens (primary N) is 1. The van der Waals surface area contributed by atoms with Crippen LogP contribution in [-0.2, 0) is 0 Å². The maximum atomic E-state index is 10.7. The molecule has 1 aromatic rings. The van der Waals surface area contributed by atoms with Gasteiger partial charge in [0.15, 0.2) is 5.75 Å². The largest absolute Gasteiger partial charge is 0.490 e. The standard InChI is InChI=1S/C10H14N2O4/c1-16-10-3-2-7(8(11)4-5-13)6-9(10)12(14)15/h2-3,6,8,13H,4-5,11H2,1H3/t8-/m0/s1. The van der Waals surface area contributed by atoms with Crippen molar-refractivity contribution in [3.63, 3.8) is 0 Å². The van der Waals surface area contributed by atoms with Crippen LogP contribution in [0.1, 0.15) is 18.0 Å². The normalized spacial score (nSPS) is 12.2. The number of hydrogen-bond acceptors (Lipinski definition) is 5. The number of nitrogens with zero attached hydrogens (tertiary/aromatic N) is 1. The highest BCUT2D eigenvalue weighted by Crippen LogP contribution is 2.29. The molecule has 0 amide bonds. The highest BCUT2D eigenvalue weighted by Gasteiger charge is 2.17. The quantitative estimate of drug-likeness (QED) is 0.576. The maximum Gasteiger partial charge on any atom is 0.311 e. The summed E-state index contributed by atoms with van der Waals surface area (Å²) in [5, 5.41) is 19.5. The first-order chi connectivity index (χ1) is 7.60. The molecule has 0 fully saturated rings. The summed E-state index contributed by atoms with van der Waals surface area (Å²) in [5.74, 6) is 0.199. The van der Waals surface area contributed by atoms with Crippen molar-refractivity contribution in [2.75, 3.05) is 13.7 Å². The zero-order valence-electron chi connectivity index (χ0n) is 8.92. The van der Waals surface area contributed by atoms with Crippen molar-refractivity contribution in [3.05, 3.63) is 33.9 Å². The van der Waals surface area contributed by atoms with Crippen molar-refractivity contribution in [2.45, 2.75) is 12.5 Å². The zero-order valence-corrected chi connectivity index (χ0v) is 8.92. The topological polar surface area (TPSA) is 98.6 Å². The lowest BCUT2D eigenvalue weighted by molar-refractivity contribution is -0.385. The minimum absolute atomic E-state index is 0.0546. The maximum absolute atomic E-state index is 10.7. The third-order valence-electron chi connectivity index (χ3n) is 2.27. The Hall–Kier alpha value is -1.66. The molecule has 3 N–H and O–H groups in total. The number of aliphatic hydroxyl groups excluding tert-OH is 1. The molecule has 0 radical (unpaired) electrons. The summed E-state index contributed by atoms with van der Waals surface area (Å²) in [4.78, 5) is 10.2. The molecular formula is C10H14N2O4. The van der Waals surface area contributed by atoms with E-state index >= 15 is 0 Å². The lowest BCUT2D eigenvalue weighted by Crippen LogP contribution is -2.12. The second kappa shape index (κ2) is 5.43. The predicted octanol–water partition coefficient (Wildman–Crippen LogP) is 0.986. The lowest BCUT2D eigenvalue weighted by atomic mass is 10.0. The van der Waals surface area contributed by atoms with E-state index in [0.29, 0.717) is 12.0 Å². The summed E-state index contributed by atoms with van der Waals surface area (Å²) >= 11 is 0. The molecule has 88 valence electrons. The average molecular weight is 226 g/mol. The minimum Gasteiger partial charge on any atom is -0.490 e. The minimum atomic E-state index is -0.520. The Morgan fingerprint density at radius 3 is 2.81 bits per heavy atom. The number of benzene rings is 1. The van der Waals surface area contributed by atoms with Crippen molar-refractivity contribution < 1.29 is 14.8 Å². The molecular weight excluding hydrogens is 212 g/mol. The molecule has 0 aliphatic carbocycles. The summed E-state index contributed by atoms with van der Waals surface area (Å²) in [6.45, 7) is -0.0546. The molecule has 0 saturated carbocycles. The fourth-order valence-electron chi connectivity index (χ4n) is 1.39. The number of hydrogen-bond donors (Lipinski definition) is 2. The highest BCUT2D eigenvalue weighted by atomic mass is 16.6. The SMILES string of the molecule is COc1ccc([C@@H](N)CCO)cc1[N+](=O)[O-]. The molecule has 1 aromatic carbocycles. The molecule has 0 bridgehead atoms. The van der Waals surface area contributed by atoms with Crippen molar-refractivity contribution in [3.8, 4) is 5.75 Å². The third-order valence-corrected chi connectivity index (χ3v) is 2.27. The Bertz CT molecular complexity index is 381.